The third-order valence-corrected chi connectivity index (χ3v) is 4.53. The molecule has 1 aliphatic rings. The van der Waals surface area contributed by atoms with Gasteiger partial charge in [0.2, 0.25) is 0 Å². The highest BCUT2D eigenvalue weighted by Gasteiger charge is 2.32. The van der Waals surface area contributed by atoms with Gasteiger partial charge in [-0.15, -0.1) is 0 Å². The van der Waals surface area contributed by atoms with Crippen molar-refractivity contribution in [2.45, 2.75) is 63.8 Å². The summed E-state index contributed by atoms with van der Waals surface area (Å²) in [5.74, 6) is -0.696. The zero-order valence-electron chi connectivity index (χ0n) is 14.5. The Labute approximate surface area is 145 Å². The van der Waals surface area contributed by atoms with Crippen LogP contribution in [-0.4, -0.2) is 23.2 Å². The van der Waals surface area contributed by atoms with Crippen LogP contribution in [0.15, 0.2) is 18.3 Å². The van der Waals surface area contributed by atoms with Crippen LogP contribution in [0.5, 0.6) is 0 Å². The first-order valence-electron chi connectivity index (χ1n) is 8.18. The lowest BCUT2D eigenvalue weighted by Crippen LogP contribution is -2.42. The third-order valence-electron chi connectivity index (χ3n) is 4.53. The average Bonchev–Trinajstić information content (AvgIpc) is 2.54. The summed E-state index contributed by atoms with van der Waals surface area (Å²) in [6.45, 7) is 2.13. The molecule has 0 aliphatic heterocycles. The molecule has 25 heavy (non-hydrogen) atoms. The molecule has 0 radical (unpaired) electrons. The number of nitrogens with zero attached hydrogens (tertiary/aromatic N) is 1. The smallest absolute Gasteiger partial charge is 0.433 e. The van der Waals surface area contributed by atoms with Gasteiger partial charge in [0, 0.05) is 12.6 Å². The molecule has 8 heteroatoms. The summed E-state index contributed by atoms with van der Waals surface area (Å²) in [5, 5.41) is 11.3. The topological polar surface area (TPSA) is 98.8 Å². The molecular formula is C17H25F3N2O3. The van der Waals surface area contributed by atoms with Crippen molar-refractivity contribution in [3.63, 3.8) is 0 Å². The molecule has 1 aromatic rings. The van der Waals surface area contributed by atoms with Crippen LogP contribution >= 0.6 is 0 Å². The van der Waals surface area contributed by atoms with Crippen molar-refractivity contribution in [2.75, 3.05) is 0 Å². The number of carbonyl (C=O) groups is 1. The summed E-state index contributed by atoms with van der Waals surface area (Å²) in [5.41, 5.74) is -0.630. The van der Waals surface area contributed by atoms with Crippen molar-refractivity contribution in [2.24, 2.45) is 5.92 Å². The Morgan fingerprint density at radius 1 is 1.32 bits per heavy atom. The number of alkyl halides is 3. The van der Waals surface area contributed by atoms with Crippen LogP contribution in [0.4, 0.5) is 13.2 Å². The molecule has 2 rings (SSSR count). The summed E-state index contributed by atoms with van der Waals surface area (Å²) in [6, 6.07) is 2.07. The SMILES string of the molecule is CCC1CCC(OC(Cc2ccc(C(F)(F)F)nc2)C(=O)[O-])CC1.[NH4+]. The lowest BCUT2D eigenvalue weighted by atomic mass is 9.86. The van der Waals surface area contributed by atoms with E-state index < -0.39 is 23.9 Å². The van der Waals surface area contributed by atoms with E-state index in [1.54, 1.807) is 0 Å². The summed E-state index contributed by atoms with van der Waals surface area (Å²) in [6.07, 6.45) is -0.136. The molecule has 0 bridgehead atoms. The van der Waals surface area contributed by atoms with E-state index in [-0.39, 0.29) is 18.7 Å². The van der Waals surface area contributed by atoms with E-state index in [1.165, 1.54) is 6.07 Å². The maximum absolute atomic E-state index is 12.5. The van der Waals surface area contributed by atoms with Gasteiger partial charge in [-0.2, -0.15) is 13.2 Å². The molecule has 142 valence electrons. The van der Waals surface area contributed by atoms with Crippen molar-refractivity contribution >= 4 is 5.97 Å². The zero-order chi connectivity index (χ0) is 17.7. The number of aliphatic carboxylic acids is 1. The summed E-state index contributed by atoms with van der Waals surface area (Å²) in [7, 11) is 0. The number of hydrogen-bond donors (Lipinski definition) is 1. The molecular weight excluding hydrogens is 337 g/mol. The number of carboxylic acid groups (broad SMARTS) is 1. The van der Waals surface area contributed by atoms with E-state index in [2.05, 4.69) is 11.9 Å². The molecule has 1 heterocycles. The Balaban J connectivity index is 0.00000312. The molecule has 0 aromatic carbocycles. The van der Waals surface area contributed by atoms with Gasteiger partial charge in [0.1, 0.15) is 11.8 Å². The van der Waals surface area contributed by atoms with Gasteiger partial charge in [0.15, 0.2) is 0 Å². The normalized spacial score (nSPS) is 22.1. The molecule has 1 aromatic heterocycles. The zero-order valence-corrected chi connectivity index (χ0v) is 14.5. The number of quaternary nitrogens is 1. The summed E-state index contributed by atoms with van der Waals surface area (Å²) in [4.78, 5) is 14.6. The van der Waals surface area contributed by atoms with Crippen LogP contribution in [0, 0.1) is 5.92 Å². The number of carboxylic acids is 1. The van der Waals surface area contributed by atoms with E-state index in [1.807, 2.05) is 0 Å². The Morgan fingerprint density at radius 2 is 1.96 bits per heavy atom. The highest BCUT2D eigenvalue weighted by molar-refractivity contribution is 5.70. The third kappa shape index (κ3) is 6.28. The van der Waals surface area contributed by atoms with Crippen LogP contribution in [0.25, 0.3) is 0 Å². The molecule has 1 atom stereocenters. The van der Waals surface area contributed by atoms with Gasteiger partial charge in [0.05, 0.1) is 12.1 Å². The van der Waals surface area contributed by atoms with E-state index >= 15 is 0 Å². The monoisotopic (exact) mass is 362 g/mol. The van der Waals surface area contributed by atoms with Gasteiger partial charge in [0.25, 0.3) is 0 Å². The fourth-order valence-electron chi connectivity index (χ4n) is 3.02. The number of rotatable bonds is 6. The number of ether oxygens (including phenoxy) is 1. The minimum absolute atomic E-state index is 0. The van der Waals surface area contributed by atoms with E-state index in [9.17, 15) is 23.1 Å². The summed E-state index contributed by atoms with van der Waals surface area (Å²) < 4.78 is 43.1. The van der Waals surface area contributed by atoms with Crippen LogP contribution in [0.2, 0.25) is 0 Å². The van der Waals surface area contributed by atoms with Crippen LogP contribution in [0.3, 0.4) is 0 Å². The number of carbonyl (C=O) groups excluding carboxylic acids is 1. The number of aromatic nitrogens is 1. The number of halogens is 3. The Morgan fingerprint density at radius 3 is 2.40 bits per heavy atom. The Bertz CT molecular complexity index is 541. The standard InChI is InChI=1S/C17H22F3NO3.H3N/c1-2-11-3-6-13(7-4-11)24-14(16(22)23)9-12-5-8-15(21-10-12)17(18,19)20;/h5,8,10-11,13-14H,2-4,6-7,9H2,1H3,(H,22,23);1H3. The van der Waals surface area contributed by atoms with E-state index in [0.717, 1.165) is 44.4 Å². The lowest BCUT2D eigenvalue weighted by molar-refractivity contribution is -0.318. The number of hydrogen-bond acceptors (Lipinski definition) is 4. The van der Waals surface area contributed by atoms with Crippen molar-refractivity contribution in [3.8, 4) is 0 Å². The Hall–Kier alpha value is -1.67. The molecule has 0 saturated heterocycles. The Kier molecular flexibility index (Phi) is 7.82. The van der Waals surface area contributed by atoms with Crippen LogP contribution in [0.1, 0.15) is 50.3 Å². The van der Waals surface area contributed by atoms with Crippen molar-refractivity contribution < 1.29 is 27.8 Å². The molecule has 4 N–H and O–H groups in total. The van der Waals surface area contributed by atoms with E-state index in [0.29, 0.717) is 11.5 Å². The van der Waals surface area contributed by atoms with Gasteiger partial charge in [-0.25, -0.2) is 0 Å². The molecule has 1 saturated carbocycles. The summed E-state index contributed by atoms with van der Waals surface area (Å²) >= 11 is 0. The first-order chi connectivity index (χ1) is 11.3. The van der Waals surface area contributed by atoms with E-state index in [4.69, 9.17) is 4.74 Å². The average molecular weight is 362 g/mol. The predicted molar refractivity (Wildman–Crippen MR) is 84.8 cm³/mol. The maximum Gasteiger partial charge on any atom is 0.433 e. The van der Waals surface area contributed by atoms with Gasteiger partial charge in [-0.05, 0) is 43.2 Å². The first-order valence-corrected chi connectivity index (χ1v) is 8.18. The minimum Gasteiger partial charge on any atom is -0.547 e. The second-order valence-corrected chi connectivity index (χ2v) is 6.25. The van der Waals surface area contributed by atoms with Gasteiger partial charge in [-0.3, -0.25) is 4.98 Å². The predicted octanol–water partition coefficient (Wildman–Crippen LogP) is 3.12. The highest BCUT2D eigenvalue weighted by atomic mass is 19.4. The largest absolute Gasteiger partial charge is 0.547 e. The van der Waals surface area contributed by atoms with Crippen molar-refractivity contribution in [1.29, 1.82) is 0 Å². The highest BCUT2D eigenvalue weighted by Crippen LogP contribution is 2.30. The maximum atomic E-state index is 12.5. The first kappa shape index (κ1) is 21.4. The fraction of sp³-hybridized carbons (Fsp3) is 0.647. The molecule has 1 fully saturated rings. The van der Waals surface area contributed by atoms with Crippen LogP contribution in [-0.2, 0) is 22.1 Å². The number of pyridine rings is 1. The van der Waals surface area contributed by atoms with Gasteiger partial charge < -0.3 is 20.8 Å². The van der Waals surface area contributed by atoms with Crippen LogP contribution < -0.4 is 11.3 Å². The van der Waals surface area contributed by atoms with Crippen molar-refractivity contribution in [1.82, 2.24) is 11.1 Å². The molecule has 1 unspecified atom stereocenters. The fourth-order valence-corrected chi connectivity index (χ4v) is 3.02. The molecule has 1 aliphatic carbocycles. The molecule has 0 spiro atoms. The lowest BCUT2D eigenvalue weighted by Gasteiger charge is -2.31. The van der Waals surface area contributed by atoms with Gasteiger partial charge >= 0.3 is 6.18 Å². The second-order valence-electron chi connectivity index (χ2n) is 6.25. The quantitative estimate of drug-likeness (QED) is 0.840. The van der Waals surface area contributed by atoms with Gasteiger partial charge in [-0.1, -0.05) is 19.4 Å². The molecule has 0 amide bonds. The molecule has 5 nitrogen and oxygen atoms in total. The minimum atomic E-state index is -4.51. The van der Waals surface area contributed by atoms with Crippen molar-refractivity contribution in [3.05, 3.63) is 29.6 Å². The second kappa shape index (κ2) is 9.15.